The number of rotatable bonds is 12. The molecule has 1 saturated heterocycles. The van der Waals surface area contributed by atoms with E-state index in [0.29, 0.717) is 29.8 Å². The molecule has 10 nitrogen and oxygen atoms in total. The first-order chi connectivity index (χ1) is 24.7. The number of amides is 2. The van der Waals surface area contributed by atoms with E-state index < -0.39 is 41.4 Å². The number of carbonyl (C=O) groups is 2. The molecule has 0 spiro atoms. The number of pyridine rings is 2. The number of nitrogens with two attached hydrogens (primary N) is 1. The van der Waals surface area contributed by atoms with E-state index in [2.05, 4.69) is 25.9 Å². The molecule has 3 atom stereocenters. The number of hydrogen-bond acceptors (Lipinski definition) is 8. The molecule has 5 N–H and O–H groups in total. The molecule has 264 valence electrons. The van der Waals surface area contributed by atoms with Crippen molar-refractivity contribution in [3.8, 4) is 0 Å². The summed E-state index contributed by atoms with van der Waals surface area (Å²) in [5.74, 6) is -2.89. The molecule has 2 aromatic heterocycles. The molecule has 2 amide bonds. The van der Waals surface area contributed by atoms with Crippen LogP contribution in [0.1, 0.15) is 34.7 Å². The topological polar surface area (TPSA) is 140 Å². The molecule has 51 heavy (non-hydrogen) atoms. The number of nitrogens with one attached hydrogen (secondary N) is 3. The van der Waals surface area contributed by atoms with E-state index in [0.717, 1.165) is 17.0 Å². The summed E-state index contributed by atoms with van der Waals surface area (Å²) in [5.41, 5.74) is 8.67. The van der Waals surface area contributed by atoms with E-state index in [9.17, 15) is 18.4 Å². The maximum Gasteiger partial charge on any atom is 0.407 e. The van der Waals surface area contributed by atoms with Crippen LogP contribution < -0.4 is 21.7 Å². The summed E-state index contributed by atoms with van der Waals surface area (Å²) in [6.07, 6.45) is 3.98. The van der Waals surface area contributed by atoms with Crippen LogP contribution in [0.25, 0.3) is 10.8 Å². The normalized spacial score (nSPS) is 16.5. The molecule has 0 unspecified atom stereocenters. The number of nitrogens with zero attached hydrogens (tertiary/aromatic N) is 2. The number of hydrogen-bond donors (Lipinski definition) is 4. The quantitative estimate of drug-likeness (QED) is 0.137. The third-order valence-electron chi connectivity index (χ3n) is 8.78. The second-order valence-corrected chi connectivity index (χ2v) is 12.3. The minimum absolute atomic E-state index is 0.0932. The van der Waals surface area contributed by atoms with Crippen molar-refractivity contribution < 1.29 is 32.2 Å². The molecule has 3 aromatic carbocycles. The highest BCUT2D eigenvalue weighted by Gasteiger charge is 2.29. The van der Waals surface area contributed by atoms with E-state index in [1.165, 1.54) is 54.7 Å². The van der Waals surface area contributed by atoms with E-state index >= 15 is 4.39 Å². The minimum atomic E-state index is -1.19. The summed E-state index contributed by atoms with van der Waals surface area (Å²) in [5, 5.41) is 10.8. The Balaban J connectivity index is 0.992. The van der Waals surface area contributed by atoms with Gasteiger partial charge >= 0.3 is 6.09 Å². The van der Waals surface area contributed by atoms with Crippen molar-refractivity contribution in [2.24, 2.45) is 5.73 Å². The molecule has 1 fully saturated rings. The van der Waals surface area contributed by atoms with E-state index in [4.69, 9.17) is 15.2 Å². The van der Waals surface area contributed by atoms with E-state index in [1.54, 1.807) is 6.20 Å². The SMILES string of the molecule is N[C@H](C(=O)Nc1cncc(F)c1CC[C@@H]1CN[C@H](COC(=O)NCc2cc3ccccc3cn2)CO1)C(c1ccc(F)cc1)c1ccc(F)cc1. The molecular formula is C38H37F3N6O4. The number of carbonyl (C=O) groups excluding carboxylic acids is 2. The lowest BCUT2D eigenvalue weighted by atomic mass is 9.85. The molecule has 1 aliphatic rings. The second-order valence-electron chi connectivity index (χ2n) is 12.3. The van der Waals surface area contributed by atoms with Crippen molar-refractivity contribution in [1.82, 2.24) is 20.6 Å². The predicted octanol–water partition coefficient (Wildman–Crippen LogP) is 5.36. The molecule has 1 aliphatic heterocycles. The Kier molecular flexibility index (Phi) is 11.5. The Morgan fingerprint density at radius 2 is 1.63 bits per heavy atom. The summed E-state index contributed by atoms with van der Waals surface area (Å²) in [7, 11) is 0. The fourth-order valence-electron chi connectivity index (χ4n) is 6.02. The van der Waals surface area contributed by atoms with Crippen molar-refractivity contribution in [1.29, 1.82) is 0 Å². The molecule has 0 radical (unpaired) electrons. The molecule has 0 saturated carbocycles. The summed E-state index contributed by atoms with van der Waals surface area (Å²) in [6, 6.07) is 19.4. The standard InChI is InChI=1S/C38H37F3N6O4/c39-27-9-5-23(6-10-27)35(24-7-11-28(40)12-8-24)36(42)37(48)47-34-20-43-19-33(41)32(34)14-13-31-18-45-30(21-50-31)22-51-38(49)46-17-29-15-25-3-1-2-4-26(25)16-44-29/h1-12,15-16,19-20,30-31,35-36,45H,13-14,17-18,21-22,42H2,(H,46,49)(H,47,48)/t30-,31+,36-/m0/s1. The average molecular weight is 699 g/mol. The summed E-state index contributed by atoms with van der Waals surface area (Å²) in [6.45, 7) is 1.03. The van der Waals surface area contributed by atoms with Crippen molar-refractivity contribution in [3.63, 3.8) is 0 Å². The number of halogens is 3. The Labute approximate surface area is 292 Å². The van der Waals surface area contributed by atoms with Crippen molar-refractivity contribution in [2.45, 2.75) is 43.5 Å². The molecular weight excluding hydrogens is 661 g/mol. The van der Waals surface area contributed by atoms with Crippen LogP contribution in [0.2, 0.25) is 0 Å². The summed E-state index contributed by atoms with van der Waals surface area (Å²) >= 11 is 0. The summed E-state index contributed by atoms with van der Waals surface area (Å²) in [4.78, 5) is 34.1. The third kappa shape index (κ3) is 9.25. The lowest BCUT2D eigenvalue weighted by Crippen LogP contribution is -2.49. The monoisotopic (exact) mass is 698 g/mol. The number of aromatic nitrogens is 2. The number of morpholine rings is 1. The van der Waals surface area contributed by atoms with Crippen LogP contribution in [0.5, 0.6) is 0 Å². The van der Waals surface area contributed by atoms with Gasteiger partial charge in [-0.05, 0) is 59.7 Å². The second kappa shape index (κ2) is 16.6. The Morgan fingerprint density at radius 1 is 0.941 bits per heavy atom. The highest BCUT2D eigenvalue weighted by Crippen LogP contribution is 2.29. The minimum Gasteiger partial charge on any atom is -0.448 e. The lowest BCUT2D eigenvalue weighted by Gasteiger charge is -2.30. The Hall–Kier alpha value is -5.37. The zero-order chi connectivity index (χ0) is 35.7. The first-order valence-corrected chi connectivity index (χ1v) is 16.5. The zero-order valence-electron chi connectivity index (χ0n) is 27.5. The van der Waals surface area contributed by atoms with Crippen molar-refractivity contribution in [3.05, 3.63) is 137 Å². The van der Waals surface area contributed by atoms with Gasteiger partial charge in [-0.1, -0.05) is 48.5 Å². The maximum atomic E-state index is 15.1. The van der Waals surface area contributed by atoms with E-state index in [-0.39, 0.29) is 49.6 Å². The van der Waals surface area contributed by atoms with Crippen LogP contribution in [0.3, 0.4) is 0 Å². The molecule has 3 heterocycles. The lowest BCUT2D eigenvalue weighted by molar-refractivity contribution is -0.117. The van der Waals surface area contributed by atoms with Crippen molar-refractivity contribution >= 4 is 28.5 Å². The first-order valence-electron chi connectivity index (χ1n) is 16.5. The van der Waals surface area contributed by atoms with Gasteiger partial charge in [0.1, 0.15) is 24.1 Å². The number of anilines is 1. The number of benzene rings is 3. The van der Waals surface area contributed by atoms with Crippen molar-refractivity contribution in [2.75, 3.05) is 25.1 Å². The summed E-state index contributed by atoms with van der Waals surface area (Å²) < 4.78 is 53.8. The largest absolute Gasteiger partial charge is 0.448 e. The van der Waals surface area contributed by atoms with Crippen LogP contribution in [0.4, 0.5) is 23.7 Å². The van der Waals surface area contributed by atoms with Crippen LogP contribution in [0, 0.1) is 17.5 Å². The van der Waals surface area contributed by atoms with Crippen LogP contribution in [0.15, 0.2) is 97.5 Å². The molecule has 0 bridgehead atoms. The fraction of sp³-hybridized carbons (Fsp3) is 0.263. The maximum absolute atomic E-state index is 15.1. The van der Waals surface area contributed by atoms with Gasteiger partial charge in [0.15, 0.2) is 0 Å². The van der Waals surface area contributed by atoms with Crippen LogP contribution in [-0.4, -0.2) is 59.9 Å². The van der Waals surface area contributed by atoms with Gasteiger partial charge in [0, 0.05) is 29.6 Å². The Bertz CT molecular complexity index is 1910. The van der Waals surface area contributed by atoms with Gasteiger partial charge in [-0.15, -0.1) is 0 Å². The van der Waals surface area contributed by atoms with Gasteiger partial charge in [-0.2, -0.15) is 0 Å². The highest BCUT2D eigenvalue weighted by molar-refractivity contribution is 5.96. The van der Waals surface area contributed by atoms with Gasteiger partial charge in [0.25, 0.3) is 0 Å². The van der Waals surface area contributed by atoms with Gasteiger partial charge in [-0.25, -0.2) is 18.0 Å². The fourth-order valence-corrected chi connectivity index (χ4v) is 6.02. The predicted molar refractivity (Wildman–Crippen MR) is 185 cm³/mol. The van der Waals surface area contributed by atoms with E-state index in [1.807, 2.05) is 30.3 Å². The first kappa shape index (κ1) is 35.5. The van der Waals surface area contributed by atoms with Gasteiger partial charge in [0.2, 0.25) is 5.91 Å². The zero-order valence-corrected chi connectivity index (χ0v) is 27.5. The molecule has 5 aromatic rings. The third-order valence-corrected chi connectivity index (χ3v) is 8.78. The van der Waals surface area contributed by atoms with Gasteiger partial charge < -0.3 is 31.2 Å². The smallest absolute Gasteiger partial charge is 0.407 e. The number of alkyl carbamates (subject to hydrolysis) is 1. The molecule has 0 aliphatic carbocycles. The average Bonchev–Trinajstić information content (AvgIpc) is 3.14. The highest BCUT2D eigenvalue weighted by atomic mass is 19.1. The number of fused-ring (bicyclic) bond motifs is 1. The Morgan fingerprint density at radius 3 is 2.29 bits per heavy atom. The number of ether oxygens (including phenoxy) is 2. The molecule has 6 rings (SSSR count). The van der Waals surface area contributed by atoms with Gasteiger partial charge in [-0.3, -0.25) is 14.8 Å². The van der Waals surface area contributed by atoms with Gasteiger partial charge in [0.05, 0.1) is 55.1 Å². The van der Waals surface area contributed by atoms with Crippen LogP contribution in [-0.2, 0) is 27.2 Å². The van der Waals surface area contributed by atoms with Crippen LogP contribution >= 0.6 is 0 Å². The molecule has 13 heteroatoms.